The number of hydrogen-bond acceptors (Lipinski definition) is 10. The molecule has 0 radical (unpaired) electrons. The summed E-state index contributed by atoms with van der Waals surface area (Å²) < 4.78 is 74.4. The van der Waals surface area contributed by atoms with Gasteiger partial charge < -0.3 is 29.2 Å². The number of benzene rings is 2. The van der Waals surface area contributed by atoms with E-state index < -0.39 is 37.0 Å². The summed E-state index contributed by atoms with van der Waals surface area (Å²) in [5.41, 5.74) is 6.32. The van der Waals surface area contributed by atoms with Gasteiger partial charge >= 0.3 is 0 Å². The van der Waals surface area contributed by atoms with Gasteiger partial charge in [0, 0.05) is 31.1 Å². The second-order valence-electron chi connectivity index (χ2n) is 14.8. The molecule has 0 spiro atoms. The lowest BCUT2D eigenvalue weighted by Gasteiger charge is -2.41. The van der Waals surface area contributed by atoms with E-state index in [4.69, 9.17) is 18.9 Å². The van der Waals surface area contributed by atoms with E-state index in [1.54, 1.807) is 66.7 Å². The van der Waals surface area contributed by atoms with Gasteiger partial charge in [-0.1, -0.05) is 49.6 Å². The molecule has 6 rings (SSSR count). The molecule has 0 saturated carbocycles. The summed E-state index contributed by atoms with van der Waals surface area (Å²) >= 11 is 0. The Hall–Kier alpha value is -3.12. The van der Waals surface area contributed by atoms with Crippen molar-refractivity contribution >= 4 is 19.7 Å². The molecule has 54 heavy (non-hydrogen) atoms. The Kier molecular flexibility index (Phi) is 14.2. The van der Waals surface area contributed by atoms with E-state index in [2.05, 4.69) is 24.6 Å². The van der Waals surface area contributed by atoms with Crippen LogP contribution >= 0.6 is 0 Å². The summed E-state index contributed by atoms with van der Waals surface area (Å²) in [6.07, 6.45) is 6.57. The van der Waals surface area contributed by atoms with Crippen LogP contribution in [0.4, 0.5) is 0 Å². The van der Waals surface area contributed by atoms with Crippen molar-refractivity contribution in [1.29, 1.82) is 0 Å². The van der Waals surface area contributed by atoms with Crippen molar-refractivity contribution in [2.24, 2.45) is 0 Å². The van der Waals surface area contributed by atoms with Gasteiger partial charge in [-0.3, -0.25) is 0 Å². The highest BCUT2D eigenvalue weighted by atomic mass is 32.2. The van der Waals surface area contributed by atoms with Crippen LogP contribution in [0.3, 0.4) is 0 Å². The maximum absolute atomic E-state index is 12.5. The Morgan fingerprint density at radius 3 is 1.76 bits per heavy atom. The minimum absolute atomic E-state index is 0.0120. The average molecular weight is 783 g/mol. The topological polar surface area (TPSA) is 146 Å². The molecule has 2 aromatic rings. The molecule has 0 bridgehead atoms. The molecular formula is C42H54O10S2. The minimum Gasteiger partial charge on any atom is -0.393 e. The highest BCUT2D eigenvalue weighted by Crippen LogP contribution is 2.44. The van der Waals surface area contributed by atoms with Gasteiger partial charge in [-0.25, -0.2) is 16.8 Å². The highest BCUT2D eigenvalue weighted by molar-refractivity contribution is 7.94. The summed E-state index contributed by atoms with van der Waals surface area (Å²) in [4.78, 5) is 0.580. The van der Waals surface area contributed by atoms with Gasteiger partial charge in [0.1, 0.15) is 11.2 Å². The molecule has 2 N–H and O–H groups in total. The number of ether oxygens (including phenoxy) is 4. The van der Waals surface area contributed by atoms with Crippen LogP contribution in [0.5, 0.6) is 0 Å². The van der Waals surface area contributed by atoms with Crippen molar-refractivity contribution in [3.8, 4) is 0 Å². The summed E-state index contributed by atoms with van der Waals surface area (Å²) in [6, 6.07) is 16.8. The number of aliphatic hydroxyl groups is 2. The van der Waals surface area contributed by atoms with Gasteiger partial charge in [-0.15, -0.1) is 11.5 Å². The van der Waals surface area contributed by atoms with Crippen LogP contribution in [0.15, 0.2) is 118 Å². The second kappa shape index (κ2) is 18.2. The van der Waals surface area contributed by atoms with Gasteiger partial charge in [0.25, 0.3) is 0 Å². The largest absolute Gasteiger partial charge is 0.393 e. The Labute approximate surface area is 320 Å². The molecule has 0 amide bonds. The fraction of sp³-hybridized carbons (Fsp3) is 0.524. The maximum atomic E-state index is 12.5. The monoisotopic (exact) mass is 782 g/mol. The fourth-order valence-corrected chi connectivity index (χ4v) is 10.3. The van der Waals surface area contributed by atoms with E-state index in [0.29, 0.717) is 24.2 Å². The second-order valence-corrected chi connectivity index (χ2v) is 18.8. The molecule has 10 nitrogen and oxygen atoms in total. The molecule has 0 aromatic heterocycles. The molecular weight excluding hydrogens is 729 g/mol. The molecule has 2 unspecified atom stereocenters. The zero-order chi connectivity index (χ0) is 39.0. The predicted molar refractivity (Wildman–Crippen MR) is 206 cm³/mol. The van der Waals surface area contributed by atoms with Crippen LogP contribution in [0, 0.1) is 0 Å². The van der Waals surface area contributed by atoms with E-state index in [-0.39, 0.29) is 54.4 Å². The van der Waals surface area contributed by atoms with E-state index in [0.717, 1.165) is 49.7 Å². The van der Waals surface area contributed by atoms with Gasteiger partial charge in [-0.2, -0.15) is 0 Å². The molecule has 294 valence electrons. The normalized spacial score (nSPS) is 30.7. The first kappa shape index (κ1) is 42.0. The van der Waals surface area contributed by atoms with Crippen molar-refractivity contribution in [2.75, 3.05) is 19.0 Å². The Bertz CT molecular complexity index is 1920. The third-order valence-electron chi connectivity index (χ3n) is 10.9. The first-order valence-corrected chi connectivity index (χ1v) is 21.8. The van der Waals surface area contributed by atoms with Crippen molar-refractivity contribution < 1.29 is 46.0 Å². The number of fused-ring (bicyclic) bond motifs is 2. The number of hydrogen-bond donors (Lipinski definition) is 2. The van der Waals surface area contributed by atoms with Gasteiger partial charge in [0.2, 0.25) is 0 Å². The minimum atomic E-state index is -3.52. The molecule has 0 aliphatic carbocycles. The molecule has 4 aliphatic heterocycles. The van der Waals surface area contributed by atoms with Crippen LogP contribution in [0.25, 0.3) is 0 Å². The van der Waals surface area contributed by atoms with E-state index in [1.807, 2.05) is 13.8 Å². The quantitative estimate of drug-likeness (QED) is 0.225. The standard InChI is InChI=1S/C21H28O5S.C21H26O5S/c2*1-3-16(2)13-17-9-10-20-21(15-22,26-17)14-18(25-20)11-12-27(23,24)19-7-5-4-6-8-19/h4-8,17-18,20,22H,1,9-15H2,2H3;4-8,11-12,17-18,20,22H,1,9-10,13-15H2,2H3/b;12-11+/t2*17?,18-,20-,21+/m00/s1. The van der Waals surface area contributed by atoms with Crippen LogP contribution in [-0.2, 0) is 38.6 Å². The fourth-order valence-electron chi connectivity index (χ4n) is 7.86. The lowest BCUT2D eigenvalue weighted by Crippen LogP contribution is -2.51. The Balaban J connectivity index is 0.000000208. The Morgan fingerprint density at radius 2 is 1.24 bits per heavy atom. The lowest BCUT2D eigenvalue weighted by molar-refractivity contribution is -0.181. The summed E-state index contributed by atoms with van der Waals surface area (Å²) in [5.74, 6) is 0.0254. The number of rotatable bonds is 13. The van der Waals surface area contributed by atoms with Crippen molar-refractivity contribution in [2.45, 2.75) is 129 Å². The lowest BCUT2D eigenvalue weighted by atomic mass is 9.86. The molecule has 4 saturated heterocycles. The Morgan fingerprint density at radius 1 is 0.741 bits per heavy atom. The molecule has 2 aromatic carbocycles. The van der Waals surface area contributed by atoms with Crippen LogP contribution in [0.1, 0.15) is 71.6 Å². The molecule has 4 fully saturated rings. The van der Waals surface area contributed by atoms with E-state index in [1.165, 1.54) is 5.41 Å². The van der Waals surface area contributed by atoms with Gasteiger partial charge in [-0.05, 0) is 87.4 Å². The number of aliphatic hydroxyl groups excluding tert-OH is 2. The summed E-state index contributed by atoms with van der Waals surface area (Å²) in [6.45, 7) is 11.0. The molecule has 4 heterocycles. The van der Waals surface area contributed by atoms with E-state index in [9.17, 15) is 27.0 Å². The van der Waals surface area contributed by atoms with Crippen molar-refractivity contribution in [3.05, 3.63) is 108 Å². The molecule has 8 atom stereocenters. The highest BCUT2D eigenvalue weighted by Gasteiger charge is 2.53. The van der Waals surface area contributed by atoms with Crippen molar-refractivity contribution in [1.82, 2.24) is 0 Å². The van der Waals surface area contributed by atoms with Crippen LogP contribution < -0.4 is 0 Å². The van der Waals surface area contributed by atoms with Crippen LogP contribution in [-0.4, -0.2) is 93.8 Å². The average Bonchev–Trinajstić information content (AvgIpc) is 3.75. The zero-order valence-corrected chi connectivity index (χ0v) is 32.9. The first-order valence-electron chi connectivity index (χ1n) is 18.6. The SMILES string of the molecule is C=C=C(C)CC1CC[C@@H]2O[C@@H](/C=C/S(=O)(=O)c3ccccc3)C[C@]2(CO)O1.C=C=C(C)CC1CC[C@@H]2O[C@@H](CCS(=O)(=O)c3ccccc3)C[C@]2(CO)O1. The van der Waals surface area contributed by atoms with Crippen molar-refractivity contribution in [3.63, 3.8) is 0 Å². The van der Waals surface area contributed by atoms with Gasteiger partial charge in [0.15, 0.2) is 19.7 Å². The number of sulfone groups is 2. The maximum Gasteiger partial charge on any atom is 0.199 e. The summed E-state index contributed by atoms with van der Waals surface area (Å²) in [5, 5.41) is 21.2. The van der Waals surface area contributed by atoms with E-state index >= 15 is 0 Å². The van der Waals surface area contributed by atoms with Crippen LogP contribution in [0.2, 0.25) is 0 Å². The smallest absolute Gasteiger partial charge is 0.199 e. The third-order valence-corrected chi connectivity index (χ3v) is 14.1. The predicted octanol–water partition coefficient (Wildman–Crippen LogP) is 6.20. The van der Waals surface area contributed by atoms with Gasteiger partial charge in [0.05, 0.1) is 65.4 Å². The summed E-state index contributed by atoms with van der Waals surface area (Å²) in [7, 11) is -6.86. The molecule has 12 heteroatoms. The first-order chi connectivity index (χ1) is 25.8. The zero-order valence-electron chi connectivity index (χ0n) is 31.3. The third kappa shape index (κ3) is 10.2. The molecule has 4 aliphatic rings.